The second kappa shape index (κ2) is 15.5. The first-order valence-electron chi connectivity index (χ1n) is 19.5. The Bertz CT molecular complexity index is 2010. The lowest BCUT2D eigenvalue weighted by Crippen LogP contribution is -2.56. The first-order chi connectivity index (χ1) is 26.7. The van der Waals surface area contributed by atoms with Crippen molar-refractivity contribution in [3.63, 3.8) is 0 Å². The molecule has 2 aliphatic carbocycles. The van der Waals surface area contributed by atoms with Gasteiger partial charge in [-0.25, -0.2) is 0 Å². The van der Waals surface area contributed by atoms with Crippen LogP contribution >= 0.6 is 0 Å². The maximum Gasteiger partial charge on any atom is 0.312 e. The molecule has 1 amide bonds. The summed E-state index contributed by atoms with van der Waals surface area (Å²) in [5.74, 6) is -8.35. The van der Waals surface area contributed by atoms with Gasteiger partial charge in [0.2, 0.25) is 11.6 Å². The fraction of sp³-hybridized carbons (Fsp3) is 0.558. The van der Waals surface area contributed by atoms with Gasteiger partial charge in [0.05, 0.1) is 41.3 Å². The Balaban J connectivity index is 1.48. The molecule has 0 spiro atoms. The maximum absolute atomic E-state index is 14.4. The number of rotatable bonds is 4. The van der Waals surface area contributed by atoms with Crippen LogP contribution < -0.4 is 15.4 Å². The molecule has 2 fully saturated rings. The number of fused-ring (bicyclic) bond motifs is 10. The molecule has 1 aromatic rings. The predicted molar refractivity (Wildman–Crippen MR) is 206 cm³/mol. The van der Waals surface area contributed by atoms with E-state index >= 15 is 0 Å². The monoisotopic (exact) mass is 790 g/mol. The molecule has 1 saturated heterocycles. The number of esters is 1. The van der Waals surface area contributed by atoms with E-state index in [1.54, 1.807) is 25.2 Å². The van der Waals surface area contributed by atoms with Gasteiger partial charge in [-0.15, -0.1) is 0 Å². The highest BCUT2D eigenvalue weighted by Crippen LogP contribution is 2.49. The number of phenolic OH excluding ortho intramolecular Hbond substituents is 1. The first-order valence-corrected chi connectivity index (χ1v) is 19.5. The number of methoxy groups -OCH3 is 1. The predicted octanol–water partition coefficient (Wildman–Crippen LogP) is 5.51. The van der Waals surface area contributed by atoms with Gasteiger partial charge in [0.1, 0.15) is 29.0 Å². The van der Waals surface area contributed by atoms with E-state index in [-0.39, 0.29) is 69.3 Å². The largest absolute Gasteiger partial charge is 0.507 e. The number of aromatic hydroxyl groups is 1. The molecule has 0 radical (unpaired) electrons. The van der Waals surface area contributed by atoms with Crippen LogP contribution in [0.3, 0.4) is 0 Å². The second-order valence-corrected chi connectivity index (χ2v) is 16.5. The van der Waals surface area contributed by atoms with Crippen molar-refractivity contribution in [1.29, 1.82) is 0 Å². The minimum Gasteiger partial charge on any atom is -0.507 e. The van der Waals surface area contributed by atoms with Gasteiger partial charge in [-0.05, 0) is 46.6 Å². The van der Waals surface area contributed by atoms with Gasteiger partial charge >= 0.3 is 11.8 Å². The zero-order chi connectivity index (χ0) is 41.9. The minimum atomic E-state index is -2.02. The van der Waals surface area contributed by atoms with Gasteiger partial charge in [-0.3, -0.25) is 24.0 Å². The van der Waals surface area contributed by atoms with E-state index in [1.165, 1.54) is 34.1 Å². The number of benzene rings is 1. The molecule has 0 aromatic heterocycles. The molecule has 9 atom stereocenters. The highest BCUT2D eigenvalue weighted by atomic mass is 16.7. The van der Waals surface area contributed by atoms with E-state index in [9.17, 15) is 29.1 Å². The Hall–Kier alpha value is -4.79. The summed E-state index contributed by atoms with van der Waals surface area (Å²) in [5, 5.41) is 17.2. The van der Waals surface area contributed by atoms with Crippen molar-refractivity contribution in [3.05, 3.63) is 69.8 Å². The molecule has 0 unspecified atom stereocenters. The summed E-state index contributed by atoms with van der Waals surface area (Å²) in [6, 6.07) is -0.130. The van der Waals surface area contributed by atoms with E-state index in [0.29, 0.717) is 0 Å². The fourth-order valence-corrected chi connectivity index (χ4v) is 8.35. The van der Waals surface area contributed by atoms with Crippen LogP contribution in [0.2, 0.25) is 0 Å². The van der Waals surface area contributed by atoms with Crippen molar-refractivity contribution >= 4 is 29.2 Å². The van der Waals surface area contributed by atoms with Crippen LogP contribution in [0.15, 0.2) is 47.5 Å². The number of carbonyl (C=O) groups excluding carboxylic acids is 5. The van der Waals surface area contributed by atoms with Crippen molar-refractivity contribution < 1.29 is 57.5 Å². The number of phenols is 1. The van der Waals surface area contributed by atoms with Crippen LogP contribution in [0.4, 0.5) is 0 Å². The van der Waals surface area contributed by atoms with Crippen molar-refractivity contribution in [3.8, 4) is 11.5 Å². The topological polar surface area (TPSA) is 185 Å². The van der Waals surface area contributed by atoms with Crippen LogP contribution in [0.5, 0.6) is 11.5 Å². The van der Waals surface area contributed by atoms with Crippen molar-refractivity contribution in [2.75, 3.05) is 7.11 Å². The molecule has 1 aromatic carbocycles. The summed E-state index contributed by atoms with van der Waals surface area (Å²) >= 11 is 0. The summed E-state index contributed by atoms with van der Waals surface area (Å²) in [6.45, 7) is 17.3. The Kier molecular flexibility index (Phi) is 11.4. The lowest BCUT2D eigenvalue weighted by atomic mass is 9.77. The molecule has 7 bridgehead atoms. The van der Waals surface area contributed by atoms with Crippen molar-refractivity contribution in [2.24, 2.45) is 23.7 Å². The number of Topliss-reactive ketones (excluding diaryl/α,β-unsaturated/α-hetero) is 3. The Labute approximate surface area is 333 Å². The van der Waals surface area contributed by atoms with E-state index in [0.717, 1.165) is 12.8 Å². The molecule has 6 aliphatic rings. The first kappa shape index (κ1) is 41.8. The highest BCUT2D eigenvalue weighted by Gasteiger charge is 2.53. The molecule has 4 aliphatic heterocycles. The molecule has 3 N–H and O–H groups in total. The van der Waals surface area contributed by atoms with Crippen LogP contribution in [0, 0.1) is 30.6 Å². The highest BCUT2D eigenvalue weighted by molar-refractivity contribution is 6.32. The molecule has 57 heavy (non-hydrogen) atoms. The van der Waals surface area contributed by atoms with Crippen LogP contribution in [0.25, 0.3) is 0 Å². The molecular weight excluding hydrogens is 736 g/mol. The van der Waals surface area contributed by atoms with Crippen LogP contribution in [-0.4, -0.2) is 83.5 Å². The minimum absolute atomic E-state index is 0.0371. The third-order valence-corrected chi connectivity index (χ3v) is 11.6. The third-order valence-electron chi connectivity index (χ3n) is 11.6. The van der Waals surface area contributed by atoms with Gasteiger partial charge in [-0.2, -0.15) is 0 Å². The van der Waals surface area contributed by atoms with Gasteiger partial charge in [0.25, 0.3) is 11.7 Å². The number of allylic oxidation sites excluding steroid dienone is 4. The second-order valence-electron chi connectivity index (χ2n) is 16.5. The smallest absolute Gasteiger partial charge is 0.312 e. The summed E-state index contributed by atoms with van der Waals surface area (Å²) in [6.07, 6.45) is 7.35. The van der Waals surface area contributed by atoms with Gasteiger partial charge in [0.15, 0.2) is 5.79 Å². The van der Waals surface area contributed by atoms with E-state index < -0.39 is 76.3 Å². The molecule has 14 heteroatoms. The average Bonchev–Trinajstić information content (AvgIpc) is 3.93. The lowest BCUT2D eigenvalue weighted by Gasteiger charge is -2.50. The maximum atomic E-state index is 14.4. The molecule has 308 valence electrons. The molecule has 4 heterocycles. The van der Waals surface area contributed by atoms with E-state index in [2.05, 4.69) is 10.6 Å². The Morgan fingerprint density at radius 3 is 2.21 bits per heavy atom. The van der Waals surface area contributed by atoms with Gasteiger partial charge < -0.3 is 44.2 Å². The molecule has 14 nitrogen and oxygen atoms in total. The van der Waals surface area contributed by atoms with Gasteiger partial charge in [0, 0.05) is 61.8 Å². The number of hydrogen-bond acceptors (Lipinski definition) is 13. The van der Waals surface area contributed by atoms with Gasteiger partial charge in [-0.1, -0.05) is 45.9 Å². The summed E-state index contributed by atoms with van der Waals surface area (Å²) in [7, 11) is 1.50. The molecule has 7 rings (SSSR count). The quantitative estimate of drug-likeness (QED) is 0.325. The number of amides is 1. The average molecular weight is 791 g/mol. The number of ether oxygens (including phenoxy) is 6. The lowest BCUT2D eigenvalue weighted by molar-refractivity contribution is -0.336. The summed E-state index contributed by atoms with van der Waals surface area (Å²) in [4.78, 5) is 69.3. The zero-order valence-corrected chi connectivity index (χ0v) is 34.4. The Morgan fingerprint density at radius 1 is 0.912 bits per heavy atom. The van der Waals surface area contributed by atoms with Crippen LogP contribution in [0.1, 0.15) is 112 Å². The third kappa shape index (κ3) is 7.79. The van der Waals surface area contributed by atoms with Crippen molar-refractivity contribution in [2.45, 2.75) is 124 Å². The number of carbonyl (C=O) groups is 5. The number of nitrogens with one attached hydrogen (secondary N) is 2. The summed E-state index contributed by atoms with van der Waals surface area (Å²) in [5.41, 5.74) is -1.21. The normalized spacial score (nSPS) is 35.0. The molecular formula is C43H54N2O12. The standard InChI is InChI=1S/C43H54N2O12/c1-19-13-12-14-20(2)41(51)45-32-31(44-26-15-16-26)34(48)28-29(35(32)49)33(47)22(4)39-30(28)40(50)43(10,57-39)53-18-17-27(52-11)21(3)37(54-25(7)46)24(6)38-23(5)36(19)55-42(8,9)56-38/h12-14,17-19,21,23-24,26-27,36-38,44,47H,15-16H2,1-11H3,(H,45,51)/b13-12+,18-17+,20-14-/t19-,21+,23+,24+,27-,36-,37+,38+,43-/m0/s1. The van der Waals surface area contributed by atoms with Crippen molar-refractivity contribution in [1.82, 2.24) is 10.6 Å². The Morgan fingerprint density at radius 2 is 1.58 bits per heavy atom. The zero-order valence-electron chi connectivity index (χ0n) is 34.4. The fourth-order valence-electron chi connectivity index (χ4n) is 8.35. The summed E-state index contributed by atoms with van der Waals surface area (Å²) < 4.78 is 37.0. The molecule has 1 saturated carbocycles. The SMILES string of the molecule is CO[C@H]1/C=C/O[C@@]2(C)Oc3c(C)c(O)c4c(c3C2=O)C(=O)C(NC2CC2)=C(NC(=O)/C(C)=C\C=C\[C@H](C)[C@@H]2OC(C)(C)O[C@@H]([C@H](C)[C@H](OC(C)=O)[C@@H]1C)[C@@H]2C)C4=O. The number of ketones is 3. The van der Waals surface area contributed by atoms with E-state index in [1.807, 2.05) is 47.6 Å². The van der Waals surface area contributed by atoms with Crippen LogP contribution in [-0.2, 0) is 33.3 Å². The van der Waals surface area contributed by atoms with E-state index in [4.69, 9.17) is 28.4 Å². The number of hydrogen-bond donors (Lipinski definition) is 3.